The molecular weight excluding hydrogens is 236 g/mol. The number of aromatic nitrogens is 2. The van der Waals surface area contributed by atoms with Crippen LogP contribution in [0.25, 0.3) is 0 Å². The summed E-state index contributed by atoms with van der Waals surface area (Å²) in [6, 6.07) is 0. The van der Waals surface area contributed by atoms with Crippen LogP contribution in [0, 0.1) is 18.8 Å². The van der Waals surface area contributed by atoms with Crippen molar-refractivity contribution in [1.82, 2.24) is 9.78 Å². The van der Waals surface area contributed by atoms with E-state index in [1.165, 1.54) is 12.8 Å². The van der Waals surface area contributed by atoms with Gasteiger partial charge in [0.15, 0.2) is 0 Å². The molecular formula is C13H21ClN2O. The van der Waals surface area contributed by atoms with Crippen molar-refractivity contribution in [2.45, 2.75) is 45.6 Å². The van der Waals surface area contributed by atoms with Crippen LogP contribution in [0.15, 0.2) is 0 Å². The highest BCUT2D eigenvalue weighted by Gasteiger charge is 2.30. The van der Waals surface area contributed by atoms with Crippen LogP contribution < -0.4 is 0 Å². The van der Waals surface area contributed by atoms with Crippen LogP contribution in [0.4, 0.5) is 0 Å². The van der Waals surface area contributed by atoms with Crippen LogP contribution in [0.3, 0.4) is 0 Å². The van der Waals surface area contributed by atoms with Gasteiger partial charge in [-0.25, -0.2) is 0 Å². The van der Waals surface area contributed by atoms with Crippen molar-refractivity contribution >= 4 is 11.6 Å². The number of aryl methyl sites for hydroxylation is 2. The maximum atomic E-state index is 10.5. The third-order valence-electron chi connectivity index (χ3n) is 3.92. The van der Waals surface area contributed by atoms with Gasteiger partial charge in [-0.2, -0.15) is 5.10 Å². The molecule has 17 heavy (non-hydrogen) atoms. The van der Waals surface area contributed by atoms with E-state index in [1.807, 2.05) is 14.0 Å². The van der Waals surface area contributed by atoms with E-state index in [4.69, 9.17) is 11.6 Å². The minimum Gasteiger partial charge on any atom is -0.388 e. The Hall–Kier alpha value is -0.540. The molecule has 3 atom stereocenters. The Morgan fingerprint density at radius 1 is 1.47 bits per heavy atom. The van der Waals surface area contributed by atoms with E-state index >= 15 is 0 Å². The summed E-state index contributed by atoms with van der Waals surface area (Å²) in [6.45, 7) is 4.17. The molecule has 1 aliphatic rings. The highest BCUT2D eigenvalue weighted by molar-refractivity contribution is 6.30. The molecule has 0 radical (unpaired) electrons. The first kappa shape index (κ1) is 12.9. The van der Waals surface area contributed by atoms with Crippen LogP contribution in [-0.4, -0.2) is 14.9 Å². The lowest BCUT2D eigenvalue weighted by atomic mass is 9.78. The smallest absolute Gasteiger partial charge is 0.132 e. The van der Waals surface area contributed by atoms with Gasteiger partial charge in [-0.1, -0.05) is 31.4 Å². The van der Waals surface area contributed by atoms with Crippen LogP contribution in [0.2, 0.25) is 5.15 Å². The lowest BCUT2D eigenvalue weighted by Gasteiger charge is -2.30. The Balaban J connectivity index is 2.21. The molecule has 96 valence electrons. The van der Waals surface area contributed by atoms with Crippen molar-refractivity contribution in [2.24, 2.45) is 18.9 Å². The fraction of sp³-hybridized carbons (Fsp3) is 0.769. The summed E-state index contributed by atoms with van der Waals surface area (Å²) in [6.07, 6.45) is 4.21. The second-order valence-electron chi connectivity index (χ2n) is 5.39. The van der Waals surface area contributed by atoms with Crippen LogP contribution in [0.1, 0.15) is 50.0 Å². The molecule has 4 heteroatoms. The molecule has 2 rings (SSSR count). The number of aliphatic hydroxyl groups excluding tert-OH is 1. The van der Waals surface area contributed by atoms with E-state index in [9.17, 15) is 5.11 Å². The van der Waals surface area contributed by atoms with Crippen LogP contribution in [-0.2, 0) is 7.05 Å². The number of aliphatic hydroxyl groups is 1. The van der Waals surface area contributed by atoms with Gasteiger partial charge in [0.25, 0.3) is 0 Å². The molecule has 1 N–H and O–H groups in total. The zero-order chi connectivity index (χ0) is 12.6. The average molecular weight is 257 g/mol. The second-order valence-corrected chi connectivity index (χ2v) is 5.75. The van der Waals surface area contributed by atoms with Gasteiger partial charge >= 0.3 is 0 Å². The SMILES string of the molecule is Cc1nn(C)c(Cl)c1C(O)C1CCCC(C)C1. The zero-order valence-corrected chi connectivity index (χ0v) is 11.5. The summed E-state index contributed by atoms with van der Waals surface area (Å²) in [5.41, 5.74) is 1.68. The van der Waals surface area contributed by atoms with Crippen molar-refractivity contribution in [3.8, 4) is 0 Å². The molecule has 0 aromatic carbocycles. The van der Waals surface area contributed by atoms with E-state index in [2.05, 4.69) is 12.0 Å². The fourth-order valence-electron chi connectivity index (χ4n) is 2.99. The van der Waals surface area contributed by atoms with E-state index in [-0.39, 0.29) is 0 Å². The van der Waals surface area contributed by atoms with Gasteiger partial charge in [0.2, 0.25) is 0 Å². The summed E-state index contributed by atoms with van der Waals surface area (Å²) in [4.78, 5) is 0. The van der Waals surface area contributed by atoms with Crippen molar-refractivity contribution in [2.75, 3.05) is 0 Å². The lowest BCUT2D eigenvalue weighted by Crippen LogP contribution is -2.20. The topological polar surface area (TPSA) is 38.0 Å². The van der Waals surface area contributed by atoms with Gasteiger partial charge < -0.3 is 5.11 Å². The van der Waals surface area contributed by atoms with E-state index in [1.54, 1.807) is 4.68 Å². The molecule has 0 amide bonds. The van der Waals surface area contributed by atoms with Gasteiger partial charge in [-0.15, -0.1) is 0 Å². The first-order chi connectivity index (χ1) is 8.00. The molecule has 1 aliphatic carbocycles. The van der Waals surface area contributed by atoms with Gasteiger partial charge in [-0.3, -0.25) is 4.68 Å². The van der Waals surface area contributed by atoms with Crippen molar-refractivity contribution < 1.29 is 5.11 Å². The quantitative estimate of drug-likeness (QED) is 0.882. The summed E-state index contributed by atoms with van der Waals surface area (Å²) < 4.78 is 1.64. The van der Waals surface area contributed by atoms with Gasteiger partial charge in [0.05, 0.1) is 11.8 Å². The van der Waals surface area contributed by atoms with Gasteiger partial charge in [-0.05, 0) is 31.6 Å². The normalized spacial score (nSPS) is 27.1. The van der Waals surface area contributed by atoms with Crippen molar-refractivity contribution in [3.63, 3.8) is 0 Å². The largest absolute Gasteiger partial charge is 0.388 e. The highest BCUT2D eigenvalue weighted by Crippen LogP contribution is 2.39. The van der Waals surface area contributed by atoms with Crippen molar-refractivity contribution in [1.29, 1.82) is 0 Å². The maximum Gasteiger partial charge on any atom is 0.132 e. The van der Waals surface area contributed by atoms with Crippen LogP contribution in [0.5, 0.6) is 0 Å². The van der Waals surface area contributed by atoms with Crippen LogP contribution >= 0.6 is 11.6 Å². The Labute approximate surface area is 108 Å². The third-order valence-corrected chi connectivity index (χ3v) is 4.36. The standard InChI is InChI=1S/C13H21ClN2O/c1-8-5-4-6-10(7-8)12(17)11-9(2)15-16(3)13(11)14/h8,10,12,17H,4-7H2,1-3H3. The molecule has 1 saturated carbocycles. The minimum atomic E-state index is -0.459. The number of halogens is 1. The maximum absolute atomic E-state index is 10.5. The number of hydrogen-bond acceptors (Lipinski definition) is 2. The van der Waals surface area contributed by atoms with E-state index in [0.717, 1.165) is 24.1 Å². The number of rotatable bonds is 2. The summed E-state index contributed by atoms with van der Waals surface area (Å²) in [7, 11) is 1.81. The molecule has 0 spiro atoms. The molecule has 0 aliphatic heterocycles. The zero-order valence-electron chi connectivity index (χ0n) is 10.8. The van der Waals surface area contributed by atoms with Gasteiger partial charge in [0, 0.05) is 12.6 Å². The average Bonchev–Trinajstić information content (AvgIpc) is 2.52. The second kappa shape index (κ2) is 4.99. The predicted octanol–water partition coefficient (Wildman–Crippen LogP) is 3.24. The van der Waals surface area contributed by atoms with Crippen molar-refractivity contribution in [3.05, 3.63) is 16.4 Å². The van der Waals surface area contributed by atoms with E-state index in [0.29, 0.717) is 17.0 Å². The number of nitrogens with zero attached hydrogens (tertiary/aromatic N) is 2. The van der Waals surface area contributed by atoms with E-state index < -0.39 is 6.10 Å². The molecule has 1 fully saturated rings. The Bertz CT molecular complexity index is 402. The summed E-state index contributed by atoms with van der Waals surface area (Å²) >= 11 is 6.20. The molecule has 0 bridgehead atoms. The molecule has 3 unspecified atom stereocenters. The molecule has 3 nitrogen and oxygen atoms in total. The number of hydrogen-bond donors (Lipinski definition) is 1. The lowest BCUT2D eigenvalue weighted by molar-refractivity contribution is 0.0709. The molecule has 1 heterocycles. The summed E-state index contributed by atoms with van der Waals surface area (Å²) in [5.74, 6) is 1.04. The Morgan fingerprint density at radius 3 is 2.71 bits per heavy atom. The Kier molecular flexibility index (Phi) is 3.79. The summed E-state index contributed by atoms with van der Waals surface area (Å²) in [5, 5.41) is 15.3. The molecule has 0 saturated heterocycles. The first-order valence-corrected chi connectivity index (χ1v) is 6.75. The fourth-order valence-corrected chi connectivity index (χ4v) is 3.27. The van der Waals surface area contributed by atoms with Gasteiger partial charge in [0.1, 0.15) is 5.15 Å². The Morgan fingerprint density at radius 2 is 2.18 bits per heavy atom. The predicted molar refractivity (Wildman–Crippen MR) is 69.0 cm³/mol. The third kappa shape index (κ3) is 2.50. The highest BCUT2D eigenvalue weighted by atomic mass is 35.5. The molecule has 1 aromatic rings. The molecule has 1 aromatic heterocycles. The first-order valence-electron chi connectivity index (χ1n) is 6.37. The minimum absolute atomic E-state index is 0.333. The monoisotopic (exact) mass is 256 g/mol.